The monoisotopic (exact) mass is 715 g/mol. The Morgan fingerprint density at radius 2 is 0.911 bits per heavy atom. The smallest absolute Gasteiger partial charge is 0.180 e. The Labute approximate surface area is 323 Å². The molecule has 0 atom stereocenters. The minimum Gasteiger partial charge on any atom is -0.451 e. The Morgan fingerprint density at radius 3 is 1.61 bits per heavy atom. The second kappa shape index (κ2) is 13.1. The quantitative estimate of drug-likeness (QED) is 0.172. The van der Waals surface area contributed by atoms with Crippen molar-refractivity contribution in [2.45, 2.75) is 0 Å². The van der Waals surface area contributed by atoms with Crippen LogP contribution in [0, 0.1) is 0 Å². The van der Waals surface area contributed by atoms with Gasteiger partial charge in [-0.25, -0.2) is 9.97 Å². The van der Waals surface area contributed by atoms with Crippen LogP contribution in [-0.2, 0) is 0 Å². The fourth-order valence-corrected chi connectivity index (χ4v) is 8.16. The van der Waals surface area contributed by atoms with Crippen molar-refractivity contribution in [3.8, 4) is 61.7 Å². The molecule has 4 nitrogen and oxygen atoms in total. The number of furan rings is 1. The third-order valence-electron chi connectivity index (χ3n) is 10.8. The van der Waals surface area contributed by atoms with E-state index in [-0.39, 0.29) is 0 Å². The number of para-hydroxylation sites is 2. The summed E-state index contributed by atoms with van der Waals surface area (Å²) in [4.78, 5) is 10.5. The maximum atomic E-state index is 6.97. The van der Waals surface area contributed by atoms with Gasteiger partial charge in [0.15, 0.2) is 11.4 Å². The van der Waals surface area contributed by atoms with Gasteiger partial charge in [-0.15, -0.1) is 0 Å². The summed E-state index contributed by atoms with van der Waals surface area (Å²) in [5.41, 5.74) is 14.9. The van der Waals surface area contributed by atoms with Crippen molar-refractivity contribution in [1.82, 2.24) is 14.5 Å². The summed E-state index contributed by atoms with van der Waals surface area (Å²) in [6.45, 7) is 0. The number of rotatable bonds is 6. The number of aromatic nitrogens is 3. The van der Waals surface area contributed by atoms with Crippen LogP contribution in [0.5, 0.6) is 0 Å². The number of hydrogen-bond acceptors (Lipinski definition) is 3. The first kappa shape index (κ1) is 31.9. The molecular weight excluding hydrogens is 683 g/mol. The maximum absolute atomic E-state index is 6.97. The first-order chi connectivity index (χ1) is 27.8. The topological polar surface area (TPSA) is 43.9 Å². The first-order valence-electron chi connectivity index (χ1n) is 18.9. The van der Waals surface area contributed by atoms with Crippen molar-refractivity contribution in [2.75, 3.05) is 0 Å². The Hall–Kier alpha value is -7.56. The standard InChI is InChI=1S/C52H33N3O/c1-4-16-34(17-5-1)40-32-44(35-18-6-2-7-19-35)50-45(33-40)49-51(56-50)48(53-52(54-49)36-20-8-3-9-21-36)39-24-14-22-37(30-39)38-23-15-25-41(31-38)55-46-28-12-10-26-42(46)43-27-11-13-29-47(43)55/h1-33H. The summed E-state index contributed by atoms with van der Waals surface area (Å²) in [6, 6.07) is 70.3. The van der Waals surface area contributed by atoms with Crippen LogP contribution < -0.4 is 0 Å². The van der Waals surface area contributed by atoms with Crippen molar-refractivity contribution in [3.63, 3.8) is 0 Å². The molecule has 0 spiro atoms. The molecule has 56 heavy (non-hydrogen) atoms. The SMILES string of the molecule is c1ccc(-c2cc(-c3ccccc3)c3oc4c(-c5cccc(-c6cccc(-n7c8ccccc8c8ccccc87)c6)c5)nc(-c5ccccc5)nc4c3c2)cc1. The lowest BCUT2D eigenvalue weighted by Crippen LogP contribution is -1.95. The minimum absolute atomic E-state index is 0.654. The van der Waals surface area contributed by atoms with Crippen molar-refractivity contribution in [2.24, 2.45) is 0 Å². The van der Waals surface area contributed by atoms with Gasteiger partial charge >= 0.3 is 0 Å². The summed E-state index contributed by atoms with van der Waals surface area (Å²) in [5.74, 6) is 0.654. The van der Waals surface area contributed by atoms with Gasteiger partial charge in [0.05, 0.1) is 11.0 Å². The lowest BCUT2D eigenvalue weighted by Gasteiger charge is -2.11. The summed E-state index contributed by atoms with van der Waals surface area (Å²) >= 11 is 0. The molecule has 0 saturated carbocycles. The molecule has 262 valence electrons. The molecule has 0 fully saturated rings. The number of benzene rings is 8. The Kier molecular flexibility index (Phi) is 7.46. The highest BCUT2D eigenvalue weighted by Gasteiger charge is 2.22. The van der Waals surface area contributed by atoms with Crippen molar-refractivity contribution < 1.29 is 4.42 Å². The molecule has 4 heteroatoms. The highest BCUT2D eigenvalue weighted by atomic mass is 16.3. The van der Waals surface area contributed by atoms with E-state index in [1.807, 2.05) is 30.3 Å². The van der Waals surface area contributed by atoms with Crippen molar-refractivity contribution in [3.05, 3.63) is 200 Å². The summed E-state index contributed by atoms with van der Waals surface area (Å²) < 4.78 is 9.33. The van der Waals surface area contributed by atoms with E-state index in [2.05, 4.69) is 174 Å². The number of nitrogens with zero attached hydrogens (tertiary/aromatic N) is 3. The van der Waals surface area contributed by atoms with Gasteiger partial charge in [0.1, 0.15) is 16.8 Å². The summed E-state index contributed by atoms with van der Waals surface area (Å²) in [7, 11) is 0. The number of fused-ring (bicyclic) bond motifs is 6. The molecule has 0 radical (unpaired) electrons. The largest absolute Gasteiger partial charge is 0.451 e. The number of hydrogen-bond donors (Lipinski definition) is 0. The zero-order valence-corrected chi connectivity index (χ0v) is 30.3. The zero-order valence-electron chi connectivity index (χ0n) is 30.3. The Balaban J connectivity index is 1.13. The van der Waals surface area contributed by atoms with Crippen LogP contribution in [0.25, 0.3) is 106 Å². The van der Waals surface area contributed by atoms with E-state index in [0.29, 0.717) is 11.4 Å². The van der Waals surface area contributed by atoms with E-state index in [1.54, 1.807) is 0 Å². The fourth-order valence-electron chi connectivity index (χ4n) is 8.16. The summed E-state index contributed by atoms with van der Waals surface area (Å²) in [6.07, 6.45) is 0. The lowest BCUT2D eigenvalue weighted by atomic mass is 9.96. The molecule has 8 aromatic carbocycles. The highest BCUT2D eigenvalue weighted by Crippen LogP contribution is 2.43. The van der Waals surface area contributed by atoms with Gasteiger partial charge in [-0.2, -0.15) is 0 Å². The predicted molar refractivity (Wildman–Crippen MR) is 231 cm³/mol. The van der Waals surface area contributed by atoms with Gasteiger partial charge in [-0.05, 0) is 70.3 Å². The highest BCUT2D eigenvalue weighted by molar-refractivity contribution is 6.13. The lowest BCUT2D eigenvalue weighted by molar-refractivity contribution is 0.668. The average molecular weight is 716 g/mol. The van der Waals surface area contributed by atoms with Gasteiger partial charge < -0.3 is 8.98 Å². The van der Waals surface area contributed by atoms with Crippen LogP contribution in [0.1, 0.15) is 0 Å². The average Bonchev–Trinajstić information content (AvgIpc) is 3.83. The van der Waals surface area contributed by atoms with E-state index < -0.39 is 0 Å². The molecule has 0 N–H and O–H groups in total. The Bertz CT molecular complexity index is 3180. The molecule has 0 aliphatic rings. The summed E-state index contributed by atoms with van der Waals surface area (Å²) in [5, 5.41) is 3.44. The van der Waals surface area contributed by atoms with Crippen LogP contribution in [-0.4, -0.2) is 14.5 Å². The second-order valence-corrected chi connectivity index (χ2v) is 14.2. The van der Waals surface area contributed by atoms with Crippen molar-refractivity contribution in [1.29, 1.82) is 0 Å². The van der Waals surface area contributed by atoms with Gasteiger partial charge in [0.25, 0.3) is 0 Å². The van der Waals surface area contributed by atoms with E-state index in [1.165, 1.54) is 21.8 Å². The van der Waals surface area contributed by atoms with E-state index >= 15 is 0 Å². The van der Waals surface area contributed by atoms with E-state index in [4.69, 9.17) is 14.4 Å². The van der Waals surface area contributed by atoms with Crippen LogP contribution in [0.2, 0.25) is 0 Å². The van der Waals surface area contributed by atoms with Crippen molar-refractivity contribution >= 4 is 43.9 Å². The predicted octanol–water partition coefficient (Wildman–Crippen LogP) is 13.8. The molecule has 3 aromatic heterocycles. The normalized spacial score (nSPS) is 11.6. The van der Waals surface area contributed by atoms with E-state index in [9.17, 15) is 0 Å². The van der Waals surface area contributed by atoms with Gasteiger partial charge in [0.2, 0.25) is 0 Å². The van der Waals surface area contributed by atoms with Crippen LogP contribution >= 0.6 is 0 Å². The molecule has 0 aliphatic carbocycles. The molecule has 0 saturated heterocycles. The first-order valence-corrected chi connectivity index (χ1v) is 18.9. The Morgan fingerprint density at radius 1 is 0.357 bits per heavy atom. The van der Waals surface area contributed by atoms with Crippen LogP contribution in [0.4, 0.5) is 0 Å². The van der Waals surface area contributed by atoms with Crippen LogP contribution in [0.3, 0.4) is 0 Å². The molecule has 0 unspecified atom stereocenters. The van der Waals surface area contributed by atoms with Gasteiger partial charge in [-0.3, -0.25) is 0 Å². The minimum atomic E-state index is 0.654. The molecule has 0 bridgehead atoms. The van der Waals surface area contributed by atoms with Crippen LogP contribution in [0.15, 0.2) is 205 Å². The fraction of sp³-hybridized carbons (Fsp3) is 0. The van der Waals surface area contributed by atoms with Gasteiger partial charge in [0, 0.05) is 38.5 Å². The molecule has 11 rings (SSSR count). The molecule has 0 aliphatic heterocycles. The van der Waals surface area contributed by atoms with Gasteiger partial charge in [-0.1, -0.05) is 158 Å². The third kappa shape index (κ3) is 5.31. The molecule has 3 heterocycles. The molecule has 11 aromatic rings. The molecule has 0 amide bonds. The third-order valence-corrected chi connectivity index (χ3v) is 10.8. The maximum Gasteiger partial charge on any atom is 0.180 e. The second-order valence-electron chi connectivity index (χ2n) is 14.2. The zero-order chi connectivity index (χ0) is 37.0. The van der Waals surface area contributed by atoms with E-state index in [0.717, 1.165) is 72.4 Å². The molecular formula is C52H33N3O.